The van der Waals surface area contributed by atoms with Gasteiger partial charge in [0.25, 0.3) is 5.91 Å². The van der Waals surface area contributed by atoms with Gasteiger partial charge in [0.1, 0.15) is 5.70 Å². The molecule has 3 rings (SSSR count). The van der Waals surface area contributed by atoms with E-state index in [0.29, 0.717) is 71.3 Å². The average molecular weight is 487 g/mol. The molecule has 9 heteroatoms. The number of nitrogens with one attached hydrogen (secondary N) is 1. The predicted octanol–water partition coefficient (Wildman–Crippen LogP) is 3.81. The molecule has 0 aliphatic carbocycles. The van der Waals surface area contributed by atoms with Crippen LogP contribution in [0.3, 0.4) is 0 Å². The summed E-state index contributed by atoms with van der Waals surface area (Å²) in [6.07, 6.45) is 2.32. The zero-order chi connectivity index (χ0) is 24.7. The first-order valence-electron chi connectivity index (χ1n) is 11.0. The third-order valence-corrected chi connectivity index (χ3v) is 5.51. The van der Waals surface area contributed by atoms with Gasteiger partial charge in [-0.3, -0.25) is 9.69 Å². The fraction of sp³-hybridized carbons (Fsp3) is 0.360. The smallest absolute Gasteiger partial charge is 0.276 e. The minimum absolute atomic E-state index is 0.199. The van der Waals surface area contributed by atoms with Crippen LogP contribution in [0.2, 0.25) is 0 Å². The molecule has 1 fully saturated rings. The maximum Gasteiger partial charge on any atom is 0.276 e. The fourth-order valence-electron chi connectivity index (χ4n) is 3.62. The van der Waals surface area contributed by atoms with Gasteiger partial charge in [0.15, 0.2) is 28.1 Å². The van der Waals surface area contributed by atoms with Crippen molar-refractivity contribution >= 4 is 29.3 Å². The standard InChI is InChI=1S/C25H30N2O6S/c1-6-32-19-9-8-16(13-20(19)33-7-2)10-11-27-24(28)18(26-25(27)34)12-17-14-21(29-3)23(31-5)22(15-17)30-4/h8-9,12-15H,6-7,10-11H2,1-5H3,(H,26,34)/b18-12+. The quantitative estimate of drug-likeness (QED) is 0.380. The molecule has 1 aliphatic rings. The normalized spacial score (nSPS) is 14.3. The Labute approximate surface area is 205 Å². The monoisotopic (exact) mass is 486 g/mol. The lowest BCUT2D eigenvalue weighted by molar-refractivity contribution is -0.122. The van der Waals surface area contributed by atoms with Gasteiger partial charge < -0.3 is 29.0 Å². The number of rotatable bonds is 11. The molecule has 182 valence electrons. The van der Waals surface area contributed by atoms with Gasteiger partial charge in [-0.15, -0.1) is 0 Å². The molecule has 34 heavy (non-hydrogen) atoms. The molecule has 1 N–H and O–H groups in total. The molecule has 1 amide bonds. The van der Waals surface area contributed by atoms with Crippen molar-refractivity contribution < 1.29 is 28.5 Å². The van der Waals surface area contributed by atoms with Gasteiger partial charge in [0.2, 0.25) is 5.75 Å². The Hall–Kier alpha value is -3.46. The number of ether oxygens (including phenoxy) is 5. The summed E-state index contributed by atoms with van der Waals surface area (Å²) in [5, 5.41) is 3.37. The fourth-order valence-corrected chi connectivity index (χ4v) is 3.90. The van der Waals surface area contributed by atoms with E-state index < -0.39 is 0 Å². The van der Waals surface area contributed by atoms with Crippen LogP contribution >= 0.6 is 12.2 Å². The Morgan fingerprint density at radius 1 is 0.912 bits per heavy atom. The molecule has 8 nitrogen and oxygen atoms in total. The lowest BCUT2D eigenvalue weighted by atomic mass is 10.1. The summed E-state index contributed by atoms with van der Waals surface area (Å²) in [7, 11) is 4.63. The van der Waals surface area contributed by atoms with Gasteiger partial charge in [0.05, 0.1) is 34.5 Å². The van der Waals surface area contributed by atoms with E-state index in [1.807, 2.05) is 32.0 Å². The third kappa shape index (κ3) is 5.53. The number of carbonyl (C=O) groups is 1. The molecule has 0 saturated carbocycles. The number of thiocarbonyl (C=S) groups is 1. The van der Waals surface area contributed by atoms with E-state index in [9.17, 15) is 4.79 Å². The van der Waals surface area contributed by atoms with Crippen molar-refractivity contribution in [2.45, 2.75) is 20.3 Å². The predicted molar refractivity (Wildman–Crippen MR) is 134 cm³/mol. The molecule has 1 aliphatic heterocycles. The largest absolute Gasteiger partial charge is 0.493 e. The second kappa shape index (κ2) is 11.6. The molecule has 0 atom stereocenters. The summed E-state index contributed by atoms with van der Waals surface area (Å²) in [6.45, 7) is 5.38. The number of hydrogen-bond donors (Lipinski definition) is 1. The van der Waals surface area contributed by atoms with E-state index in [0.717, 1.165) is 5.56 Å². The van der Waals surface area contributed by atoms with E-state index in [1.165, 1.54) is 0 Å². The van der Waals surface area contributed by atoms with Crippen LogP contribution < -0.4 is 29.0 Å². The van der Waals surface area contributed by atoms with Crippen molar-refractivity contribution in [3.05, 3.63) is 47.2 Å². The number of amides is 1. The molecule has 2 aromatic carbocycles. The van der Waals surface area contributed by atoms with Gasteiger partial charge in [-0.1, -0.05) is 6.07 Å². The highest BCUT2D eigenvalue weighted by Crippen LogP contribution is 2.39. The highest BCUT2D eigenvalue weighted by atomic mass is 32.1. The second-order valence-corrected chi connectivity index (χ2v) is 7.69. The van der Waals surface area contributed by atoms with Crippen LogP contribution in [0.4, 0.5) is 0 Å². The van der Waals surface area contributed by atoms with Gasteiger partial charge in [-0.25, -0.2) is 0 Å². The molecule has 0 unspecified atom stereocenters. The summed E-state index contributed by atoms with van der Waals surface area (Å²) in [5.41, 5.74) is 2.11. The summed E-state index contributed by atoms with van der Waals surface area (Å²) < 4.78 is 27.5. The number of benzene rings is 2. The highest BCUT2D eigenvalue weighted by Gasteiger charge is 2.30. The van der Waals surface area contributed by atoms with Crippen LogP contribution in [0.5, 0.6) is 28.7 Å². The van der Waals surface area contributed by atoms with E-state index in [-0.39, 0.29) is 5.91 Å². The molecule has 1 heterocycles. The minimum atomic E-state index is -0.199. The maximum atomic E-state index is 13.1. The molecule has 2 aromatic rings. The zero-order valence-corrected chi connectivity index (χ0v) is 20.9. The Balaban J connectivity index is 1.77. The third-order valence-electron chi connectivity index (χ3n) is 5.19. The first kappa shape index (κ1) is 25.2. The first-order valence-corrected chi connectivity index (χ1v) is 11.4. The molecule has 0 spiro atoms. The van der Waals surface area contributed by atoms with Crippen molar-refractivity contribution in [3.63, 3.8) is 0 Å². The van der Waals surface area contributed by atoms with Crippen molar-refractivity contribution in [1.82, 2.24) is 10.2 Å². The summed E-state index contributed by atoms with van der Waals surface area (Å²) >= 11 is 5.42. The topological polar surface area (TPSA) is 78.5 Å². The SMILES string of the molecule is CCOc1ccc(CCN2C(=O)/C(=C\c3cc(OC)c(OC)c(OC)c3)NC2=S)cc1OCC. The zero-order valence-electron chi connectivity index (χ0n) is 20.1. The van der Waals surface area contributed by atoms with Crippen molar-refractivity contribution in [1.29, 1.82) is 0 Å². The number of nitrogens with zero attached hydrogens (tertiary/aromatic N) is 1. The van der Waals surface area contributed by atoms with E-state index in [1.54, 1.807) is 44.4 Å². The minimum Gasteiger partial charge on any atom is -0.493 e. The average Bonchev–Trinajstić information content (AvgIpc) is 3.10. The molecule has 0 aromatic heterocycles. The first-order chi connectivity index (χ1) is 16.4. The van der Waals surface area contributed by atoms with Crippen molar-refractivity contribution in [3.8, 4) is 28.7 Å². The summed E-state index contributed by atoms with van der Waals surface area (Å²) in [5.74, 6) is 2.68. The van der Waals surface area contributed by atoms with E-state index >= 15 is 0 Å². The number of methoxy groups -OCH3 is 3. The van der Waals surface area contributed by atoms with Gasteiger partial charge >= 0.3 is 0 Å². The van der Waals surface area contributed by atoms with Gasteiger partial charge in [-0.2, -0.15) is 0 Å². The Morgan fingerprint density at radius 2 is 1.56 bits per heavy atom. The molecular weight excluding hydrogens is 456 g/mol. The second-order valence-electron chi connectivity index (χ2n) is 7.30. The van der Waals surface area contributed by atoms with Crippen LogP contribution in [-0.4, -0.2) is 57.0 Å². The maximum absolute atomic E-state index is 13.1. The van der Waals surface area contributed by atoms with E-state index in [2.05, 4.69) is 5.32 Å². The summed E-state index contributed by atoms with van der Waals surface area (Å²) in [6, 6.07) is 9.34. The van der Waals surface area contributed by atoms with Crippen molar-refractivity contribution in [2.24, 2.45) is 0 Å². The Morgan fingerprint density at radius 3 is 2.15 bits per heavy atom. The van der Waals surface area contributed by atoms with Crippen LogP contribution in [0.15, 0.2) is 36.0 Å². The lowest BCUT2D eigenvalue weighted by Gasteiger charge is -2.16. The lowest BCUT2D eigenvalue weighted by Crippen LogP contribution is -2.32. The van der Waals surface area contributed by atoms with Gasteiger partial charge in [0, 0.05) is 6.54 Å². The van der Waals surface area contributed by atoms with Crippen LogP contribution in [0.25, 0.3) is 6.08 Å². The van der Waals surface area contributed by atoms with Crippen LogP contribution in [0, 0.1) is 0 Å². The molecule has 0 bridgehead atoms. The van der Waals surface area contributed by atoms with E-state index in [4.69, 9.17) is 35.9 Å². The van der Waals surface area contributed by atoms with Crippen LogP contribution in [-0.2, 0) is 11.2 Å². The highest BCUT2D eigenvalue weighted by molar-refractivity contribution is 7.80. The summed E-state index contributed by atoms with van der Waals surface area (Å²) in [4.78, 5) is 14.6. The molecule has 1 saturated heterocycles. The number of hydrogen-bond acceptors (Lipinski definition) is 7. The Kier molecular flexibility index (Phi) is 8.59. The molecule has 0 radical (unpaired) electrons. The van der Waals surface area contributed by atoms with Crippen LogP contribution in [0.1, 0.15) is 25.0 Å². The number of carbonyl (C=O) groups excluding carboxylic acids is 1. The van der Waals surface area contributed by atoms with Gasteiger partial charge in [-0.05, 0) is 74.0 Å². The van der Waals surface area contributed by atoms with Crippen molar-refractivity contribution in [2.75, 3.05) is 41.1 Å². The Bertz CT molecular complexity index is 1060. The molecular formula is C25H30N2O6S.